The average molecular weight is 564 g/mol. The number of halogens is 7. The maximum absolute atomic E-state index is 14.0. The van der Waals surface area contributed by atoms with Crippen LogP contribution in [-0.2, 0) is 12.4 Å². The van der Waals surface area contributed by atoms with E-state index in [2.05, 4.69) is 0 Å². The molecule has 0 unspecified atom stereocenters. The molecule has 0 bridgehead atoms. The van der Waals surface area contributed by atoms with Crippen LogP contribution in [0.25, 0.3) is 0 Å². The van der Waals surface area contributed by atoms with E-state index < -0.39 is 59.0 Å². The smallest absolute Gasteiger partial charge is 0.407 e. The van der Waals surface area contributed by atoms with Gasteiger partial charge in [-0.15, -0.1) is 0 Å². The van der Waals surface area contributed by atoms with Gasteiger partial charge in [0.1, 0.15) is 11.4 Å². The monoisotopic (exact) mass is 564 g/mol. The van der Waals surface area contributed by atoms with Gasteiger partial charge in [0, 0.05) is 52.0 Å². The summed E-state index contributed by atoms with van der Waals surface area (Å²) >= 11 is 0. The van der Waals surface area contributed by atoms with E-state index in [1.54, 1.807) is 0 Å². The van der Waals surface area contributed by atoms with Crippen LogP contribution in [-0.4, -0.2) is 79.5 Å². The lowest BCUT2D eigenvalue weighted by molar-refractivity contribution is -0.143. The molecule has 8 nitrogen and oxygen atoms in total. The normalized spacial score (nSPS) is 17.0. The SMILES string of the molecule is CN(C(=O)Oc1c(N2CCN(CCN3CC(O)C3)C2=O)cc(C(F)(F)F)cc1C(F)(F)F)c1ccc(F)cc1. The van der Waals surface area contributed by atoms with Gasteiger partial charge in [-0.1, -0.05) is 0 Å². The number of β-amino-alcohol motifs (C(OH)–C–C–N with tert-alkyl or cyclic N) is 1. The van der Waals surface area contributed by atoms with Crippen LogP contribution < -0.4 is 14.5 Å². The van der Waals surface area contributed by atoms with Crippen LogP contribution in [0.15, 0.2) is 36.4 Å². The molecule has 0 aliphatic carbocycles. The number of urea groups is 1. The molecule has 0 aromatic heterocycles. The predicted molar refractivity (Wildman–Crippen MR) is 124 cm³/mol. The Morgan fingerprint density at radius 1 is 1.03 bits per heavy atom. The molecule has 3 amide bonds. The lowest BCUT2D eigenvalue weighted by Gasteiger charge is -2.36. The number of carbonyl (C=O) groups excluding carboxylic acids is 2. The number of alkyl halides is 6. The molecule has 2 aromatic carbocycles. The molecule has 0 spiro atoms. The molecule has 1 N–H and O–H groups in total. The zero-order valence-corrected chi connectivity index (χ0v) is 20.4. The lowest BCUT2D eigenvalue weighted by atomic mass is 10.1. The summed E-state index contributed by atoms with van der Waals surface area (Å²) in [4.78, 5) is 30.4. The molecule has 39 heavy (non-hydrogen) atoms. The van der Waals surface area contributed by atoms with Crippen LogP contribution in [0.1, 0.15) is 11.1 Å². The van der Waals surface area contributed by atoms with E-state index in [0.29, 0.717) is 30.6 Å². The quantitative estimate of drug-likeness (QED) is 0.526. The Balaban J connectivity index is 1.70. The summed E-state index contributed by atoms with van der Waals surface area (Å²) in [6.07, 6.45) is -12.5. The van der Waals surface area contributed by atoms with Crippen molar-refractivity contribution in [2.24, 2.45) is 0 Å². The van der Waals surface area contributed by atoms with Gasteiger partial charge in [-0.2, -0.15) is 26.3 Å². The van der Waals surface area contributed by atoms with Crippen molar-refractivity contribution >= 4 is 23.5 Å². The first-order chi connectivity index (χ1) is 18.1. The fourth-order valence-corrected chi connectivity index (χ4v) is 4.22. The van der Waals surface area contributed by atoms with Crippen LogP contribution >= 0.6 is 0 Å². The number of likely N-dealkylation sites (tertiary alicyclic amines) is 1. The first-order valence-electron chi connectivity index (χ1n) is 11.7. The fourth-order valence-electron chi connectivity index (χ4n) is 4.22. The molecule has 2 heterocycles. The number of benzene rings is 2. The van der Waals surface area contributed by atoms with Gasteiger partial charge in [0.25, 0.3) is 0 Å². The van der Waals surface area contributed by atoms with Crippen LogP contribution in [0.4, 0.5) is 51.7 Å². The zero-order valence-electron chi connectivity index (χ0n) is 20.4. The van der Waals surface area contributed by atoms with Gasteiger partial charge in [0.05, 0.1) is 17.4 Å². The number of rotatable bonds is 6. The Bertz CT molecular complexity index is 1230. The molecular weight excluding hydrogens is 541 g/mol. The van der Waals surface area contributed by atoms with Crippen molar-refractivity contribution < 1.29 is 50.2 Å². The van der Waals surface area contributed by atoms with Gasteiger partial charge in [-0.05, 0) is 36.4 Å². The Morgan fingerprint density at radius 2 is 1.67 bits per heavy atom. The summed E-state index contributed by atoms with van der Waals surface area (Å²) in [6, 6.07) is 3.56. The second-order valence-corrected chi connectivity index (χ2v) is 9.11. The van der Waals surface area contributed by atoms with E-state index in [-0.39, 0.29) is 31.4 Å². The summed E-state index contributed by atoms with van der Waals surface area (Å²) < 4.78 is 101. The number of ether oxygens (including phenoxy) is 1. The van der Waals surface area contributed by atoms with Crippen molar-refractivity contribution in [3.8, 4) is 5.75 Å². The highest BCUT2D eigenvalue weighted by Crippen LogP contribution is 2.47. The van der Waals surface area contributed by atoms with E-state index in [1.165, 1.54) is 4.90 Å². The Morgan fingerprint density at radius 3 is 2.23 bits per heavy atom. The van der Waals surface area contributed by atoms with Crippen molar-refractivity contribution in [2.45, 2.75) is 18.5 Å². The molecular formula is C24H23F7N4O4. The van der Waals surface area contributed by atoms with Crippen LogP contribution in [0, 0.1) is 5.82 Å². The van der Waals surface area contributed by atoms with Crippen LogP contribution in [0.2, 0.25) is 0 Å². The molecule has 0 radical (unpaired) electrons. The maximum Gasteiger partial charge on any atom is 0.420 e. The minimum absolute atomic E-state index is 0.00427. The lowest BCUT2D eigenvalue weighted by Crippen LogP contribution is -2.53. The van der Waals surface area contributed by atoms with Crippen molar-refractivity contribution in [3.05, 3.63) is 53.3 Å². The van der Waals surface area contributed by atoms with Gasteiger partial charge in [0.15, 0.2) is 5.75 Å². The molecule has 0 saturated carbocycles. The Hall–Kier alpha value is -3.59. The van der Waals surface area contributed by atoms with Gasteiger partial charge in [-0.25, -0.2) is 14.0 Å². The molecule has 2 aromatic rings. The highest BCUT2D eigenvalue weighted by atomic mass is 19.4. The molecule has 2 aliphatic heterocycles. The topological polar surface area (TPSA) is 76.6 Å². The van der Waals surface area contributed by atoms with Crippen molar-refractivity contribution in [2.75, 3.05) is 56.1 Å². The van der Waals surface area contributed by atoms with Crippen LogP contribution in [0.3, 0.4) is 0 Å². The Kier molecular flexibility index (Phi) is 7.67. The molecule has 4 rings (SSSR count). The number of aliphatic hydroxyl groups is 1. The van der Waals surface area contributed by atoms with Gasteiger partial charge in [-0.3, -0.25) is 14.7 Å². The van der Waals surface area contributed by atoms with Gasteiger partial charge in [0.2, 0.25) is 0 Å². The fraction of sp³-hybridized carbons (Fsp3) is 0.417. The summed E-state index contributed by atoms with van der Waals surface area (Å²) in [6.45, 7) is 0.965. The van der Waals surface area contributed by atoms with E-state index in [9.17, 15) is 45.4 Å². The number of hydrogen-bond donors (Lipinski definition) is 1. The number of carbonyl (C=O) groups is 2. The van der Waals surface area contributed by atoms with E-state index >= 15 is 0 Å². The van der Waals surface area contributed by atoms with E-state index in [1.807, 2.05) is 4.90 Å². The number of anilines is 2. The molecule has 2 saturated heterocycles. The Labute approximate surface area is 217 Å². The molecule has 2 fully saturated rings. The number of hydrogen-bond acceptors (Lipinski definition) is 5. The molecule has 0 atom stereocenters. The summed E-state index contributed by atoms with van der Waals surface area (Å²) in [5, 5.41) is 9.39. The number of amides is 3. The standard InChI is InChI=1S/C24H23F7N4O4/c1-32(16-4-2-15(25)3-5-16)22(38)39-20-18(24(29,30)31)10-14(23(26,27)28)11-19(20)35-9-8-34(21(35)37)7-6-33-12-17(36)13-33/h2-5,10-11,17,36H,6-9,12-13H2,1H3. The van der Waals surface area contributed by atoms with Crippen molar-refractivity contribution in [3.63, 3.8) is 0 Å². The third kappa shape index (κ3) is 6.19. The van der Waals surface area contributed by atoms with E-state index in [0.717, 1.165) is 36.2 Å². The van der Waals surface area contributed by atoms with Crippen molar-refractivity contribution in [1.82, 2.24) is 9.80 Å². The highest BCUT2D eigenvalue weighted by molar-refractivity contribution is 5.97. The molecule has 2 aliphatic rings. The summed E-state index contributed by atoms with van der Waals surface area (Å²) in [5.74, 6) is -1.91. The number of aliphatic hydroxyl groups excluding tert-OH is 1. The van der Waals surface area contributed by atoms with Crippen LogP contribution in [0.5, 0.6) is 5.75 Å². The van der Waals surface area contributed by atoms with Gasteiger partial charge >= 0.3 is 24.5 Å². The third-order valence-corrected chi connectivity index (χ3v) is 6.39. The third-order valence-electron chi connectivity index (χ3n) is 6.39. The maximum atomic E-state index is 14.0. The molecule has 212 valence electrons. The minimum atomic E-state index is -5.39. The first kappa shape index (κ1) is 28.4. The van der Waals surface area contributed by atoms with E-state index in [4.69, 9.17) is 4.74 Å². The largest absolute Gasteiger partial charge is 0.420 e. The highest BCUT2D eigenvalue weighted by Gasteiger charge is 2.44. The average Bonchev–Trinajstić information content (AvgIpc) is 3.19. The zero-order chi connectivity index (χ0) is 28.7. The van der Waals surface area contributed by atoms with Gasteiger partial charge < -0.3 is 14.7 Å². The second-order valence-electron chi connectivity index (χ2n) is 9.11. The predicted octanol–water partition coefficient (Wildman–Crippen LogP) is 4.42. The second kappa shape index (κ2) is 10.5. The minimum Gasteiger partial charge on any atom is -0.407 e. The van der Waals surface area contributed by atoms with Crippen molar-refractivity contribution in [1.29, 1.82) is 0 Å². The first-order valence-corrected chi connectivity index (χ1v) is 11.7. The molecule has 15 heteroatoms. The number of nitrogens with zero attached hydrogens (tertiary/aromatic N) is 4. The summed E-state index contributed by atoms with van der Waals surface area (Å²) in [5.41, 5.74) is -4.42. The summed E-state index contributed by atoms with van der Waals surface area (Å²) in [7, 11) is 1.11.